The zero-order valence-electron chi connectivity index (χ0n) is 16.7. The number of hydrogen-bond acceptors (Lipinski definition) is 2. The van der Waals surface area contributed by atoms with E-state index < -0.39 is 11.7 Å². The molecule has 158 valence electrons. The largest absolute Gasteiger partial charge is 0.324 e. The van der Waals surface area contributed by atoms with Crippen molar-refractivity contribution in [2.24, 2.45) is 0 Å². The van der Waals surface area contributed by atoms with Crippen molar-refractivity contribution in [1.29, 1.82) is 0 Å². The van der Waals surface area contributed by atoms with E-state index in [0.29, 0.717) is 36.6 Å². The molecule has 1 fully saturated rings. The topological polar surface area (TPSA) is 52.7 Å². The van der Waals surface area contributed by atoms with Crippen LogP contribution in [0.2, 0.25) is 0 Å². The first kappa shape index (κ1) is 20.5. The van der Waals surface area contributed by atoms with E-state index >= 15 is 0 Å². The van der Waals surface area contributed by atoms with Crippen molar-refractivity contribution in [1.82, 2.24) is 4.90 Å². The summed E-state index contributed by atoms with van der Waals surface area (Å²) in [6, 6.07) is 18.4. The van der Waals surface area contributed by atoms with Crippen LogP contribution in [0.15, 0.2) is 72.8 Å². The molecule has 0 unspecified atom stereocenters. The van der Waals surface area contributed by atoms with Gasteiger partial charge < -0.3 is 10.2 Å². The van der Waals surface area contributed by atoms with Crippen LogP contribution < -0.4 is 10.2 Å². The summed E-state index contributed by atoms with van der Waals surface area (Å²) in [5.74, 6) is -1.31. The fourth-order valence-electron chi connectivity index (χ4n) is 3.65. The number of benzene rings is 3. The molecule has 0 spiro atoms. The maximum Gasteiger partial charge on any atom is 0.324 e. The van der Waals surface area contributed by atoms with Gasteiger partial charge in [0.25, 0.3) is 5.91 Å². The third-order valence-corrected chi connectivity index (χ3v) is 5.10. The van der Waals surface area contributed by atoms with Crippen LogP contribution in [0.5, 0.6) is 0 Å². The summed E-state index contributed by atoms with van der Waals surface area (Å²) < 4.78 is 27.0. The molecule has 7 heteroatoms. The Morgan fingerprint density at radius 2 is 1.65 bits per heavy atom. The van der Waals surface area contributed by atoms with Gasteiger partial charge in [-0.25, -0.2) is 13.6 Å². The first-order chi connectivity index (χ1) is 15.0. The van der Waals surface area contributed by atoms with Gasteiger partial charge in [-0.3, -0.25) is 9.69 Å². The van der Waals surface area contributed by atoms with Crippen molar-refractivity contribution in [3.63, 3.8) is 0 Å². The molecule has 4 rings (SSSR count). The molecule has 3 aromatic rings. The number of carbonyl (C=O) groups is 2. The van der Waals surface area contributed by atoms with E-state index in [1.165, 1.54) is 30.3 Å². The predicted octanol–water partition coefficient (Wildman–Crippen LogP) is 5.05. The number of nitrogens with zero attached hydrogens (tertiary/aromatic N) is 2. The van der Waals surface area contributed by atoms with Gasteiger partial charge in [0.05, 0.1) is 11.4 Å². The molecule has 0 aliphatic carbocycles. The molecule has 0 bridgehead atoms. The predicted molar refractivity (Wildman–Crippen MR) is 115 cm³/mol. The summed E-state index contributed by atoms with van der Waals surface area (Å²) in [5, 5.41) is 2.78. The maximum absolute atomic E-state index is 13.5. The van der Waals surface area contributed by atoms with Crippen molar-refractivity contribution in [3.05, 3.63) is 95.6 Å². The number of hydrogen-bond donors (Lipinski definition) is 1. The summed E-state index contributed by atoms with van der Waals surface area (Å²) in [5.41, 5.74) is 1.91. The molecule has 1 N–H and O–H groups in total. The molecule has 1 heterocycles. The highest BCUT2D eigenvalue weighted by atomic mass is 19.1. The van der Waals surface area contributed by atoms with Gasteiger partial charge in [0, 0.05) is 25.2 Å². The van der Waals surface area contributed by atoms with Gasteiger partial charge in [-0.1, -0.05) is 30.3 Å². The van der Waals surface area contributed by atoms with Crippen molar-refractivity contribution in [2.45, 2.75) is 13.0 Å². The molecule has 1 saturated heterocycles. The summed E-state index contributed by atoms with van der Waals surface area (Å²) >= 11 is 0. The van der Waals surface area contributed by atoms with E-state index in [2.05, 4.69) is 5.32 Å². The van der Waals surface area contributed by atoms with E-state index in [-0.39, 0.29) is 17.4 Å². The van der Waals surface area contributed by atoms with Gasteiger partial charge in [-0.2, -0.15) is 0 Å². The summed E-state index contributed by atoms with van der Waals surface area (Å²) in [7, 11) is 0. The number of halogens is 2. The Labute approximate surface area is 178 Å². The number of rotatable bonds is 5. The molecule has 0 radical (unpaired) electrons. The zero-order chi connectivity index (χ0) is 21.8. The minimum Gasteiger partial charge on any atom is -0.320 e. The standard InChI is InChI=1S/C24H21F2N3O2/c25-19-8-3-6-17(14-19)16-28-12-5-13-29(24(28)31)22-11-2-1-10-21(22)27-23(30)18-7-4-9-20(26)15-18/h1-4,6-11,14-15H,5,12-13,16H2,(H,27,30). The molecule has 5 nitrogen and oxygen atoms in total. The SMILES string of the molecule is O=C(Nc1ccccc1N1CCCN(Cc2cccc(F)c2)C1=O)c1cccc(F)c1. The van der Waals surface area contributed by atoms with Gasteiger partial charge in [0.2, 0.25) is 0 Å². The summed E-state index contributed by atoms with van der Waals surface area (Å²) in [6.07, 6.45) is 0.729. The van der Waals surface area contributed by atoms with Gasteiger partial charge >= 0.3 is 6.03 Å². The zero-order valence-corrected chi connectivity index (χ0v) is 16.7. The van der Waals surface area contributed by atoms with Crippen LogP contribution in [-0.4, -0.2) is 29.9 Å². The lowest BCUT2D eigenvalue weighted by molar-refractivity contribution is 0.102. The Kier molecular flexibility index (Phi) is 5.93. The van der Waals surface area contributed by atoms with Crippen LogP contribution in [0, 0.1) is 11.6 Å². The van der Waals surface area contributed by atoms with Gasteiger partial charge in [0.1, 0.15) is 11.6 Å². The number of para-hydroxylation sites is 2. The fraction of sp³-hybridized carbons (Fsp3) is 0.167. The Morgan fingerprint density at radius 3 is 2.42 bits per heavy atom. The quantitative estimate of drug-likeness (QED) is 0.627. The Bertz CT molecular complexity index is 1120. The van der Waals surface area contributed by atoms with Gasteiger partial charge in [-0.15, -0.1) is 0 Å². The monoisotopic (exact) mass is 421 g/mol. The average molecular weight is 421 g/mol. The summed E-state index contributed by atoms with van der Waals surface area (Å²) in [6.45, 7) is 1.35. The number of urea groups is 1. The molecule has 1 aliphatic heterocycles. The lowest BCUT2D eigenvalue weighted by Crippen LogP contribution is -2.49. The Balaban J connectivity index is 1.55. The Morgan fingerprint density at radius 1 is 0.903 bits per heavy atom. The van der Waals surface area contributed by atoms with Crippen LogP contribution in [0.4, 0.5) is 25.0 Å². The minimum absolute atomic E-state index is 0.188. The third kappa shape index (κ3) is 4.71. The minimum atomic E-state index is -0.500. The van der Waals surface area contributed by atoms with Crippen LogP contribution in [0.1, 0.15) is 22.3 Å². The van der Waals surface area contributed by atoms with Crippen molar-refractivity contribution in [2.75, 3.05) is 23.3 Å². The molecule has 3 amide bonds. The highest BCUT2D eigenvalue weighted by molar-refractivity contribution is 6.07. The lowest BCUT2D eigenvalue weighted by Gasteiger charge is -2.36. The second-order valence-electron chi connectivity index (χ2n) is 7.32. The molecule has 31 heavy (non-hydrogen) atoms. The van der Waals surface area contributed by atoms with Crippen molar-refractivity contribution in [3.8, 4) is 0 Å². The first-order valence-electron chi connectivity index (χ1n) is 9.98. The van der Waals surface area contributed by atoms with Crippen molar-refractivity contribution >= 4 is 23.3 Å². The lowest BCUT2D eigenvalue weighted by atomic mass is 10.1. The van der Waals surface area contributed by atoms with Crippen LogP contribution >= 0.6 is 0 Å². The maximum atomic E-state index is 13.5. The molecule has 0 atom stereocenters. The summed E-state index contributed by atoms with van der Waals surface area (Å²) in [4.78, 5) is 29.0. The second kappa shape index (κ2) is 8.95. The van der Waals surface area contributed by atoms with Gasteiger partial charge in [-0.05, 0) is 54.4 Å². The fourth-order valence-corrected chi connectivity index (χ4v) is 3.65. The van der Waals surface area contributed by atoms with E-state index in [4.69, 9.17) is 0 Å². The highest BCUT2D eigenvalue weighted by Crippen LogP contribution is 2.29. The van der Waals surface area contributed by atoms with E-state index in [0.717, 1.165) is 12.5 Å². The van der Waals surface area contributed by atoms with Crippen LogP contribution in [-0.2, 0) is 6.54 Å². The molecular formula is C24H21F2N3O2. The smallest absolute Gasteiger partial charge is 0.320 e. The van der Waals surface area contributed by atoms with Crippen molar-refractivity contribution < 1.29 is 18.4 Å². The number of carbonyl (C=O) groups excluding carboxylic acids is 2. The first-order valence-corrected chi connectivity index (χ1v) is 9.98. The average Bonchev–Trinajstić information content (AvgIpc) is 2.76. The van der Waals surface area contributed by atoms with Gasteiger partial charge in [0.15, 0.2) is 0 Å². The second-order valence-corrected chi connectivity index (χ2v) is 7.32. The molecule has 3 aromatic carbocycles. The van der Waals surface area contributed by atoms with E-state index in [1.54, 1.807) is 46.2 Å². The number of anilines is 2. The van der Waals surface area contributed by atoms with E-state index in [9.17, 15) is 18.4 Å². The molecule has 0 aromatic heterocycles. The number of nitrogens with one attached hydrogen (secondary N) is 1. The molecular weight excluding hydrogens is 400 g/mol. The highest BCUT2D eigenvalue weighted by Gasteiger charge is 2.28. The molecule has 0 saturated carbocycles. The van der Waals surface area contributed by atoms with Crippen LogP contribution in [0.3, 0.4) is 0 Å². The molecule has 1 aliphatic rings. The third-order valence-electron chi connectivity index (χ3n) is 5.10. The van der Waals surface area contributed by atoms with E-state index in [1.807, 2.05) is 0 Å². The Hall–Kier alpha value is -3.74. The normalized spacial score (nSPS) is 13.9. The number of amides is 3. The van der Waals surface area contributed by atoms with Crippen LogP contribution in [0.25, 0.3) is 0 Å².